The van der Waals surface area contributed by atoms with Crippen molar-refractivity contribution in [1.29, 1.82) is 0 Å². The molecular formula is C17H14FNO3S. The van der Waals surface area contributed by atoms with E-state index < -0.39 is 27.6 Å². The molecule has 1 atom stereocenters. The van der Waals surface area contributed by atoms with Gasteiger partial charge in [-0.1, -0.05) is 24.3 Å². The van der Waals surface area contributed by atoms with Crippen molar-refractivity contribution in [1.82, 2.24) is 0 Å². The first-order valence-corrected chi connectivity index (χ1v) is 8.73. The molecule has 2 aromatic carbocycles. The van der Waals surface area contributed by atoms with E-state index in [1.807, 2.05) is 0 Å². The Kier molecular flexibility index (Phi) is 4.00. The lowest BCUT2D eigenvalue weighted by Gasteiger charge is -2.27. The number of amides is 1. The molecule has 1 heterocycles. The van der Waals surface area contributed by atoms with Gasteiger partial charge in [0.2, 0.25) is 0 Å². The molecule has 0 N–H and O–H groups in total. The fourth-order valence-electron chi connectivity index (χ4n) is 2.53. The lowest BCUT2D eigenvalue weighted by Crippen LogP contribution is -2.41. The maximum absolute atomic E-state index is 13.4. The van der Waals surface area contributed by atoms with Crippen molar-refractivity contribution >= 4 is 21.4 Å². The van der Waals surface area contributed by atoms with Gasteiger partial charge < -0.3 is 4.90 Å². The Labute approximate surface area is 133 Å². The van der Waals surface area contributed by atoms with E-state index in [9.17, 15) is 17.6 Å². The Balaban J connectivity index is 2.02. The second kappa shape index (κ2) is 5.96. The highest BCUT2D eigenvalue weighted by Gasteiger charge is 2.32. The van der Waals surface area contributed by atoms with Gasteiger partial charge in [-0.3, -0.25) is 4.79 Å². The second-order valence-electron chi connectivity index (χ2n) is 5.25. The van der Waals surface area contributed by atoms with Gasteiger partial charge in [0, 0.05) is 16.7 Å². The van der Waals surface area contributed by atoms with Crippen molar-refractivity contribution in [2.24, 2.45) is 0 Å². The number of anilines is 1. The lowest BCUT2D eigenvalue weighted by atomic mass is 10.1. The molecule has 4 nitrogen and oxygen atoms in total. The molecular weight excluding hydrogens is 317 g/mol. The third kappa shape index (κ3) is 3.32. The molecule has 118 valence electrons. The number of hydrogen-bond donors (Lipinski definition) is 0. The monoisotopic (exact) mass is 331 g/mol. The summed E-state index contributed by atoms with van der Waals surface area (Å²) in [7, 11) is -3.32. The number of sulfone groups is 1. The summed E-state index contributed by atoms with van der Waals surface area (Å²) >= 11 is 0. The van der Waals surface area contributed by atoms with Gasteiger partial charge in [-0.25, -0.2) is 12.8 Å². The molecule has 1 amide bonds. The summed E-state index contributed by atoms with van der Waals surface area (Å²) in [5.41, 5.74) is 0.736. The molecule has 1 aliphatic heterocycles. The zero-order chi connectivity index (χ0) is 16.4. The van der Waals surface area contributed by atoms with Crippen molar-refractivity contribution in [3.63, 3.8) is 0 Å². The molecule has 0 saturated heterocycles. The summed E-state index contributed by atoms with van der Waals surface area (Å²) < 4.78 is 36.8. The number of benzene rings is 2. The molecule has 0 saturated carbocycles. The van der Waals surface area contributed by atoms with Crippen LogP contribution in [0.3, 0.4) is 0 Å². The van der Waals surface area contributed by atoms with Crippen LogP contribution in [0.25, 0.3) is 0 Å². The summed E-state index contributed by atoms with van der Waals surface area (Å²) in [4.78, 5) is 14.2. The minimum Gasteiger partial charge on any atom is -0.300 e. The van der Waals surface area contributed by atoms with Crippen LogP contribution in [0, 0.1) is 5.82 Å². The Morgan fingerprint density at radius 3 is 2.43 bits per heavy atom. The minimum absolute atomic E-state index is 0.173. The summed E-state index contributed by atoms with van der Waals surface area (Å²) in [5, 5.41) is 1.12. The molecule has 0 aromatic heterocycles. The van der Waals surface area contributed by atoms with Crippen molar-refractivity contribution in [3.8, 4) is 0 Å². The highest BCUT2D eigenvalue weighted by molar-refractivity contribution is 7.94. The first-order chi connectivity index (χ1) is 11.0. The Morgan fingerprint density at radius 2 is 1.83 bits per heavy atom. The maximum Gasteiger partial charge on any atom is 0.258 e. The predicted octanol–water partition coefficient (Wildman–Crippen LogP) is 2.78. The van der Waals surface area contributed by atoms with Crippen LogP contribution in [0.15, 0.2) is 66.1 Å². The fourth-order valence-corrected chi connectivity index (χ4v) is 3.80. The van der Waals surface area contributed by atoms with E-state index in [0.717, 1.165) is 11.5 Å². The van der Waals surface area contributed by atoms with Crippen molar-refractivity contribution in [2.75, 3.05) is 10.7 Å². The average molecular weight is 331 g/mol. The van der Waals surface area contributed by atoms with Crippen LogP contribution >= 0.6 is 0 Å². The number of rotatable bonds is 3. The smallest absolute Gasteiger partial charge is 0.258 e. The summed E-state index contributed by atoms with van der Waals surface area (Å²) in [6.07, 6.45) is 1.49. The molecule has 0 unspecified atom stereocenters. The van der Waals surface area contributed by atoms with Gasteiger partial charge in [0.15, 0.2) is 9.84 Å². The minimum atomic E-state index is -3.32. The van der Waals surface area contributed by atoms with E-state index in [0.29, 0.717) is 5.69 Å². The van der Waals surface area contributed by atoms with E-state index in [4.69, 9.17) is 0 Å². The van der Waals surface area contributed by atoms with E-state index in [1.165, 1.54) is 29.2 Å². The van der Waals surface area contributed by atoms with Gasteiger partial charge in [0.1, 0.15) is 5.82 Å². The van der Waals surface area contributed by atoms with Gasteiger partial charge in [-0.05, 0) is 36.4 Å². The maximum atomic E-state index is 13.4. The number of hydrogen-bond acceptors (Lipinski definition) is 3. The van der Waals surface area contributed by atoms with Crippen LogP contribution in [-0.4, -0.2) is 26.1 Å². The van der Waals surface area contributed by atoms with Crippen LogP contribution in [0.5, 0.6) is 0 Å². The van der Waals surface area contributed by atoms with E-state index in [1.54, 1.807) is 30.3 Å². The van der Waals surface area contributed by atoms with E-state index in [-0.39, 0.29) is 11.3 Å². The van der Waals surface area contributed by atoms with Gasteiger partial charge in [0.25, 0.3) is 5.91 Å². The molecule has 23 heavy (non-hydrogen) atoms. The molecule has 1 aliphatic rings. The molecule has 0 spiro atoms. The molecule has 0 fully saturated rings. The molecule has 3 rings (SSSR count). The molecule has 2 aromatic rings. The normalized spacial score (nSPS) is 18.7. The van der Waals surface area contributed by atoms with Crippen LogP contribution < -0.4 is 4.90 Å². The lowest BCUT2D eigenvalue weighted by molar-refractivity contribution is 0.0982. The predicted molar refractivity (Wildman–Crippen MR) is 86.4 cm³/mol. The second-order valence-corrected chi connectivity index (χ2v) is 7.18. The van der Waals surface area contributed by atoms with E-state index in [2.05, 4.69) is 0 Å². The summed E-state index contributed by atoms with van der Waals surface area (Å²) in [5.74, 6) is -1.14. The SMILES string of the molecule is O=C(c1cccc(F)c1)N(c1ccccc1)[C@@H]1C=CS(=O)(=O)C1. The molecule has 6 heteroatoms. The van der Waals surface area contributed by atoms with Crippen LogP contribution in [0.1, 0.15) is 10.4 Å². The molecule has 0 bridgehead atoms. The summed E-state index contributed by atoms with van der Waals surface area (Å²) in [6, 6.07) is 13.5. The van der Waals surface area contributed by atoms with Gasteiger partial charge in [-0.15, -0.1) is 0 Å². The average Bonchev–Trinajstić information content (AvgIpc) is 2.88. The van der Waals surface area contributed by atoms with Gasteiger partial charge in [0.05, 0.1) is 11.8 Å². The zero-order valence-electron chi connectivity index (χ0n) is 12.1. The topological polar surface area (TPSA) is 54.5 Å². The fraction of sp³-hybridized carbons (Fsp3) is 0.118. The zero-order valence-corrected chi connectivity index (χ0v) is 12.9. The number of nitrogens with zero attached hydrogens (tertiary/aromatic N) is 1. The van der Waals surface area contributed by atoms with Gasteiger partial charge in [-0.2, -0.15) is 0 Å². The highest BCUT2D eigenvalue weighted by Crippen LogP contribution is 2.25. The third-order valence-corrected chi connectivity index (χ3v) is 4.95. The van der Waals surface area contributed by atoms with Crippen LogP contribution in [0.2, 0.25) is 0 Å². The molecule has 0 radical (unpaired) electrons. The van der Waals surface area contributed by atoms with Crippen molar-refractivity contribution < 1.29 is 17.6 Å². The first-order valence-electron chi connectivity index (χ1n) is 7.01. The van der Waals surface area contributed by atoms with Crippen molar-refractivity contribution in [3.05, 3.63) is 77.5 Å². The van der Waals surface area contributed by atoms with Crippen LogP contribution in [-0.2, 0) is 9.84 Å². The Bertz CT molecular complexity index is 862. The van der Waals surface area contributed by atoms with Crippen molar-refractivity contribution in [2.45, 2.75) is 6.04 Å². The largest absolute Gasteiger partial charge is 0.300 e. The number of halogens is 1. The van der Waals surface area contributed by atoms with Gasteiger partial charge >= 0.3 is 0 Å². The number of para-hydroxylation sites is 1. The number of carbonyl (C=O) groups is 1. The number of carbonyl (C=O) groups excluding carboxylic acids is 1. The molecule has 0 aliphatic carbocycles. The highest BCUT2D eigenvalue weighted by atomic mass is 32.2. The first kappa shape index (κ1) is 15.4. The summed E-state index contributed by atoms with van der Waals surface area (Å²) in [6.45, 7) is 0. The Hall–Kier alpha value is -2.47. The quantitative estimate of drug-likeness (QED) is 0.869. The standard InChI is InChI=1S/C17H14FNO3S/c18-14-6-4-5-13(11-14)17(20)19(15-7-2-1-3-8-15)16-9-10-23(21,22)12-16/h1-11,16H,12H2/t16-/m1/s1. The van der Waals surface area contributed by atoms with Crippen LogP contribution in [0.4, 0.5) is 10.1 Å². The Morgan fingerprint density at radius 1 is 1.09 bits per heavy atom. The third-order valence-electron chi connectivity index (χ3n) is 3.57. The van der Waals surface area contributed by atoms with E-state index >= 15 is 0 Å².